The van der Waals surface area contributed by atoms with E-state index in [1.807, 2.05) is 24.3 Å². The van der Waals surface area contributed by atoms with E-state index in [2.05, 4.69) is 5.32 Å². The topological polar surface area (TPSA) is 35.8 Å². The van der Waals surface area contributed by atoms with Crippen molar-refractivity contribution in [1.82, 2.24) is 0 Å². The molecule has 2 rings (SSSR count). The van der Waals surface area contributed by atoms with Gasteiger partial charge in [0.05, 0.1) is 14.9 Å². The molecule has 1 aromatic heterocycles. The fourth-order valence-electron chi connectivity index (χ4n) is 1.35. The fraction of sp³-hybridized carbons (Fsp3) is 0.0833. The molecule has 0 bridgehead atoms. The zero-order chi connectivity index (χ0) is 12.3. The molecule has 0 fully saturated rings. The summed E-state index contributed by atoms with van der Waals surface area (Å²) in [4.78, 5) is 1.15. The summed E-state index contributed by atoms with van der Waals surface area (Å²) in [6.07, 6.45) is 0. The average molecular weight is 283 g/mol. The minimum absolute atomic E-state index is 0.460. The Morgan fingerprint density at radius 3 is 2.65 bits per heavy atom. The molecule has 0 aliphatic carbocycles. The van der Waals surface area contributed by atoms with Gasteiger partial charge in [-0.2, -0.15) is 5.26 Å². The molecule has 86 valence electrons. The van der Waals surface area contributed by atoms with E-state index in [0.717, 1.165) is 14.9 Å². The second-order valence-electron chi connectivity index (χ2n) is 3.37. The van der Waals surface area contributed by atoms with E-state index >= 15 is 0 Å². The van der Waals surface area contributed by atoms with Crippen LogP contribution in [0.5, 0.6) is 0 Å². The summed E-state index contributed by atoms with van der Waals surface area (Å²) in [5.41, 5.74) is 1.37. The SMILES string of the molecule is N#Cc1ccc(NCc2ccc(Cl)s2)cc1Cl. The van der Waals surface area contributed by atoms with Crippen LogP contribution in [0.3, 0.4) is 0 Å². The Hall–Kier alpha value is -1.21. The van der Waals surface area contributed by atoms with Gasteiger partial charge in [-0.3, -0.25) is 0 Å². The molecule has 0 amide bonds. The molecule has 0 spiro atoms. The molecule has 0 radical (unpaired) electrons. The highest BCUT2D eigenvalue weighted by Crippen LogP contribution is 2.24. The van der Waals surface area contributed by atoms with Gasteiger partial charge >= 0.3 is 0 Å². The van der Waals surface area contributed by atoms with Crippen molar-refractivity contribution in [3.8, 4) is 6.07 Å². The maximum absolute atomic E-state index is 8.75. The lowest BCUT2D eigenvalue weighted by Crippen LogP contribution is -1.97. The van der Waals surface area contributed by atoms with Crippen molar-refractivity contribution in [2.45, 2.75) is 6.54 Å². The average Bonchev–Trinajstić information content (AvgIpc) is 2.73. The first-order valence-electron chi connectivity index (χ1n) is 4.87. The number of nitrogens with one attached hydrogen (secondary N) is 1. The number of rotatable bonds is 3. The normalized spacial score (nSPS) is 9.94. The number of halogens is 2. The van der Waals surface area contributed by atoms with E-state index in [-0.39, 0.29) is 0 Å². The Bertz CT molecular complexity index is 572. The smallest absolute Gasteiger partial charge is 0.101 e. The van der Waals surface area contributed by atoms with E-state index in [4.69, 9.17) is 28.5 Å². The van der Waals surface area contributed by atoms with Crippen molar-refractivity contribution < 1.29 is 0 Å². The highest BCUT2D eigenvalue weighted by Gasteiger charge is 2.02. The van der Waals surface area contributed by atoms with Crippen LogP contribution in [0.4, 0.5) is 5.69 Å². The highest BCUT2D eigenvalue weighted by atomic mass is 35.5. The van der Waals surface area contributed by atoms with Gasteiger partial charge in [-0.1, -0.05) is 23.2 Å². The molecule has 2 aromatic rings. The number of nitrogens with zero attached hydrogens (tertiary/aromatic N) is 1. The number of benzene rings is 1. The first-order chi connectivity index (χ1) is 8.19. The van der Waals surface area contributed by atoms with Crippen molar-refractivity contribution in [3.05, 3.63) is 50.1 Å². The lowest BCUT2D eigenvalue weighted by atomic mass is 10.2. The second-order valence-corrected chi connectivity index (χ2v) is 5.57. The first-order valence-corrected chi connectivity index (χ1v) is 6.44. The molecule has 2 nitrogen and oxygen atoms in total. The minimum atomic E-state index is 0.460. The van der Waals surface area contributed by atoms with Crippen LogP contribution in [0.25, 0.3) is 0 Å². The summed E-state index contributed by atoms with van der Waals surface area (Å²) in [6, 6.07) is 11.2. The molecule has 0 unspecified atom stereocenters. The van der Waals surface area contributed by atoms with Gasteiger partial charge in [0.2, 0.25) is 0 Å². The second kappa shape index (κ2) is 5.42. The van der Waals surface area contributed by atoms with Crippen molar-refractivity contribution in [3.63, 3.8) is 0 Å². The minimum Gasteiger partial charge on any atom is -0.380 e. The largest absolute Gasteiger partial charge is 0.380 e. The van der Waals surface area contributed by atoms with Crippen LogP contribution in [0, 0.1) is 11.3 Å². The van der Waals surface area contributed by atoms with Crippen molar-refractivity contribution >= 4 is 40.2 Å². The van der Waals surface area contributed by atoms with Crippen LogP contribution in [0.2, 0.25) is 9.36 Å². The predicted octanol–water partition coefficient (Wildman–Crippen LogP) is 4.54. The molecule has 0 saturated heterocycles. The Kier molecular flexibility index (Phi) is 3.90. The van der Waals surface area contributed by atoms with Crippen LogP contribution >= 0.6 is 34.5 Å². The molecule has 17 heavy (non-hydrogen) atoms. The molecule has 0 saturated carbocycles. The van der Waals surface area contributed by atoms with Crippen molar-refractivity contribution in [1.29, 1.82) is 5.26 Å². The fourth-order valence-corrected chi connectivity index (χ4v) is 2.60. The van der Waals surface area contributed by atoms with E-state index in [1.165, 1.54) is 11.3 Å². The molecular weight excluding hydrogens is 275 g/mol. The number of anilines is 1. The van der Waals surface area contributed by atoms with Crippen LogP contribution < -0.4 is 5.32 Å². The van der Waals surface area contributed by atoms with Gasteiger partial charge in [0, 0.05) is 17.1 Å². The van der Waals surface area contributed by atoms with Gasteiger partial charge in [0.15, 0.2) is 0 Å². The third kappa shape index (κ3) is 3.13. The molecule has 1 heterocycles. The number of hydrogen-bond donors (Lipinski definition) is 1. The number of hydrogen-bond acceptors (Lipinski definition) is 3. The summed E-state index contributed by atoms with van der Waals surface area (Å²) in [5.74, 6) is 0. The summed E-state index contributed by atoms with van der Waals surface area (Å²) >= 11 is 13.3. The lowest BCUT2D eigenvalue weighted by molar-refractivity contribution is 1.19. The van der Waals surface area contributed by atoms with E-state index < -0.39 is 0 Å². The molecule has 0 atom stereocenters. The van der Waals surface area contributed by atoms with Crippen molar-refractivity contribution in [2.24, 2.45) is 0 Å². The molecule has 0 aliphatic rings. The van der Waals surface area contributed by atoms with Crippen LogP contribution in [0.15, 0.2) is 30.3 Å². The summed E-state index contributed by atoms with van der Waals surface area (Å²) in [5, 5.41) is 12.4. The molecule has 5 heteroatoms. The van der Waals surface area contributed by atoms with Gasteiger partial charge < -0.3 is 5.32 Å². The van der Waals surface area contributed by atoms with Gasteiger partial charge in [-0.15, -0.1) is 11.3 Å². The number of thiophene rings is 1. The lowest BCUT2D eigenvalue weighted by Gasteiger charge is -2.05. The zero-order valence-corrected chi connectivity index (χ0v) is 11.0. The van der Waals surface area contributed by atoms with Crippen molar-refractivity contribution in [2.75, 3.05) is 5.32 Å². The Morgan fingerprint density at radius 1 is 1.24 bits per heavy atom. The van der Waals surface area contributed by atoms with E-state index in [0.29, 0.717) is 17.1 Å². The quantitative estimate of drug-likeness (QED) is 0.897. The highest BCUT2D eigenvalue weighted by molar-refractivity contribution is 7.16. The Labute approximate surface area is 113 Å². The zero-order valence-electron chi connectivity index (χ0n) is 8.71. The van der Waals surface area contributed by atoms with Gasteiger partial charge in [0.1, 0.15) is 6.07 Å². The molecule has 1 aromatic carbocycles. The summed E-state index contributed by atoms with van der Waals surface area (Å²) < 4.78 is 0.777. The monoisotopic (exact) mass is 282 g/mol. The maximum atomic E-state index is 8.75. The predicted molar refractivity (Wildman–Crippen MR) is 72.8 cm³/mol. The maximum Gasteiger partial charge on any atom is 0.101 e. The van der Waals surface area contributed by atoms with Crippen LogP contribution in [-0.2, 0) is 6.54 Å². The van der Waals surface area contributed by atoms with E-state index in [9.17, 15) is 0 Å². The third-order valence-corrected chi connectivity index (χ3v) is 3.73. The first kappa shape index (κ1) is 12.3. The molecule has 0 aliphatic heterocycles. The summed E-state index contributed by atoms with van der Waals surface area (Å²) in [7, 11) is 0. The molecule has 1 N–H and O–H groups in total. The van der Waals surface area contributed by atoms with Crippen LogP contribution in [-0.4, -0.2) is 0 Å². The summed E-state index contributed by atoms with van der Waals surface area (Å²) in [6.45, 7) is 0.694. The van der Waals surface area contributed by atoms with E-state index in [1.54, 1.807) is 12.1 Å². The standard InChI is InChI=1S/C12H8Cl2N2S/c13-11-5-9(2-1-8(11)6-15)16-7-10-3-4-12(14)17-10/h1-5,16H,7H2. The Balaban J connectivity index is 2.05. The number of nitriles is 1. The van der Waals surface area contributed by atoms with Gasteiger partial charge in [0.25, 0.3) is 0 Å². The molecular formula is C12H8Cl2N2S. The van der Waals surface area contributed by atoms with Gasteiger partial charge in [-0.05, 0) is 30.3 Å². The van der Waals surface area contributed by atoms with Gasteiger partial charge in [-0.25, -0.2) is 0 Å². The Morgan fingerprint density at radius 2 is 2.06 bits per heavy atom. The van der Waals surface area contributed by atoms with Crippen LogP contribution in [0.1, 0.15) is 10.4 Å². The third-order valence-electron chi connectivity index (χ3n) is 2.19.